The number of carbonyl (C=O) groups is 1. The SMILES string of the molecule is Cc1ccc(NS(=O)(=O)c2ccc(C(=O)NC[C@@H](C)c3ccccc3)cc2)cc1. The number of aryl methyl sites for hydroxylation is 1. The molecule has 0 fully saturated rings. The molecule has 3 rings (SSSR count). The predicted molar refractivity (Wildman–Crippen MR) is 116 cm³/mol. The number of amides is 1. The minimum Gasteiger partial charge on any atom is -0.351 e. The summed E-state index contributed by atoms with van der Waals surface area (Å²) >= 11 is 0. The first-order valence-electron chi connectivity index (χ1n) is 9.38. The molecule has 1 atom stereocenters. The quantitative estimate of drug-likeness (QED) is 0.611. The fraction of sp³-hybridized carbons (Fsp3) is 0.174. The zero-order valence-corrected chi connectivity index (χ0v) is 17.2. The van der Waals surface area contributed by atoms with Crippen LogP contribution < -0.4 is 10.0 Å². The highest BCUT2D eigenvalue weighted by Crippen LogP contribution is 2.18. The second-order valence-electron chi connectivity index (χ2n) is 7.02. The van der Waals surface area contributed by atoms with Crippen molar-refractivity contribution in [3.8, 4) is 0 Å². The minimum absolute atomic E-state index is 0.104. The molecule has 5 nitrogen and oxygen atoms in total. The van der Waals surface area contributed by atoms with Gasteiger partial charge in [-0.2, -0.15) is 0 Å². The summed E-state index contributed by atoms with van der Waals surface area (Å²) < 4.78 is 27.6. The van der Waals surface area contributed by atoms with Gasteiger partial charge in [0.25, 0.3) is 15.9 Å². The number of rotatable bonds is 7. The lowest BCUT2D eigenvalue weighted by Gasteiger charge is -2.13. The number of hydrogen-bond acceptors (Lipinski definition) is 3. The van der Waals surface area contributed by atoms with E-state index in [-0.39, 0.29) is 16.7 Å². The molecular weight excluding hydrogens is 384 g/mol. The van der Waals surface area contributed by atoms with Gasteiger partial charge < -0.3 is 5.32 Å². The molecule has 0 aliphatic carbocycles. The van der Waals surface area contributed by atoms with E-state index in [1.807, 2.05) is 56.3 Å². The molecule has 0 aromatic heterocycles. The van der Waals surface area contributed by atoms with Gasteiger partial charge in [0.2, 0.25) is 0 Å². The van der Waals surface area contributed by atoms with Gasteiger partial charge >= 0.3 is 0 Å². The summed E-state index contributed by atoms with van der Waals surface area (Å²) in [4.78, 5) is 12.5. The summed E-state index contributed by atoms with van der Waals surface area (Å²) in [6.07, 6.45) is 0. The summed E-state index contributed by atoms with van der Waals surface area (Å²) in [6.45, 7) is 4.47. The molecular formula is C23H24N2O3S. The van der Waals surface area contributed by atoms with E-state index in [0.717, 1.165) is 11.1 Å². The van der Waals surface area contributed by atoms with Gasteiger partial charge in [0.05, 0.1) is 4.90 Å². The predicted octanol–water partition coefficient (Wildman–Crippen LogP) is 4.33. The Morgan fingerprint density at radius 3 is 2.14 bits per heavy atom. The van der Waals surface area contributed by atoms with E-state index in [1.165, 1.54) is 24.3 Å². The summed E-state index contributed by atoms with van der Waals surface area (Å²) in [5, 5.41) is 2.90. The maximum absolute atomic E-state index is 12.5. The van der Waals surface area contributed by atoms with Crippen molar-refractivity contribution in [2.24, 2.45) is 0 Å². The summed E-state index contributed by atoms with van der Waals surface area (Å²) in [7, 11) is -3.71. The van der Waals surface area contributed by atoms with E-state index in [4.69, 9.17) is 0 Å². The van der Waals surface area contributed by atoms with Crippen molar-refractivity contribution in [2.45, 2.75) is 24.7 Å². The standard InChI is InChI=1S/C23H24N2O3S/c1-17-8-12-21(13-9-17)25-29(27,28)22-14-10-20(11-15-22)23(26)24-16-18(2)19-6-4-3-5-7-19/h3-15,18,25H,16H2,1-2H3,(H,24,26)/t18-/m1/s1. The van der Waals surface area contributed by atoms with Crippen LogP contribution in [0.2, 0.25) is 0 Å². The van der Waals surface area contributed by atoms with Gasteiger partial charge in [-0.1, -0.05) is 55.0 Å². The zero-order valence-electron chi connectivity index (χ0n) is 16.4. The zero-order chi connectivity index (χ0) is 20.9. The fourth-order valence-corrected chi connectivity index (χ4v) is 3.93. The first-order chi connectivity index (χ1) is 13.8. The number of nitrogens with one attached hydrogen (secondary N) is 2. The van der Waals surface area contributed by atoms with E-state index in [2.05, 4.69) is 10.0 Å². The van der Waals surface area contributed by atoms with Crippen LogP contribution in [0.15, 0.2) is 83.8 Å². The van der Waals surface area contributed by atoms with Gasteiger partial charge in [-0.15, -0.1) is 0 Å². The van der Waals surface area contributed by atoms with E-state index < -0.39 is 10.0 Å². The molecule has 3 aromatic rings. The average molecular weight is 409 g/mol. The van der Waals surface area contributed by atoms with Gasteiger partial charge in [-0.3, -0.25) is 9.52 Å². The van der Waals surface area contributed by atoms with Crippen LogP contribution in [0.25, 0.3) is 0 Å². The Morgan fingerprint density at radius 1 is 0.897 bits per heavy atom. The van der Waals surface area contributed by atoms with E-state index in [9.17, 15) is 13.2 Å². The Labute approximate surface area is 171 Å². The summed E-state index contributed by atoms with van der Waals surface area (Å²) in [6, 6.07) is 23.0. The molecule has 3 aromatic carbocycles. The fourth-order valence-electron chi connectivity index (χ4n) is 2.87. The van der Waals surface area contributed by atoms with Crippen molar-refractivity contribution in [1.82, 2.24) is 5.32 Å². The van der Waals surface area contributed by atoms with Crippen molar-refractivity contribution in [2.75, 3.05) is 11.3 Å². The molecule has 0 heterocycles. The molecule has 0 spiro atoms. The van der Waals surface area contributed by atoms with Crippen LogP contribution in [0, 0.1) is 6.92 Å². The Kier molecular flexibility index (Phi) is 6.34. The topological polar surface area (TPSA) is 75.3 Å². The van der Waals surface area contributed by atoms with Gasteiger partial charge in [-0.05, 0) is 54.8 Å². The molecule has 0 saturated carbocycles. The van der Waals surface area contributed by atoms with E-state index in [0.29, 0.717) is 17.8 Å². The number of benzene rings is 3. The highest BCUT2D eigenvalue weighted by Gasteiger charge is 2.15. The first-order valence-corrected chi connectivity index (χ1v) is 10.9. The van der Waals surface area contributed by atoms with Crippen molar-refractivity contribution >= 4 is 21.6 Å². The molecule has 6 heteroatoms. The number of hydrogen-bond donors (Lipinski definition) is 2. The molecule has 0 aliphatic heterocycles. The van der Waals surface area contributed by atoms with E-state index >= 15 is 0 Å². The number of anilines is 1. The van der Waals surface area contributed by atoms with Crippen molar-refractivity contribution in [3.05, 3.63) is 95.6 Å². The highest BCUT2D eigenvalue weighted by atomic mass is 32.2. The Hall–Kier alpha value is -3.12. The summed E-state index contributed by atoms with van der Waals surface area (Å²) in [5.74, 6) is -0.0540. The minimum atomic E-state index is -3.71. The van der Waals surface area contributed by atoms with Crippen LogP contribution in [0.3, 0.4) is 0 Å². The molecule has 1 amide bonds. The lowest BCUT2D eigenvalue weighted by atomic mass is 10.0. The second kappa shape index (κ2) is 8.92. The van der Waals surface area contributed by atoms with E-state index in [1.54, 1.807) is 12.1 Å². The maximum Gasteiger partial charge on any atom is 0.261 e. The lowest BCUT2D eigenvalue weighted by Crippen LogP contribution is -2.27. The molecule has 29 heavy (non-hydrogen) atoms. The third kappa shape index (κ3) is 5.45. The van der Waals surface area contributed by atoms with Crippen LogP contribution in [-0.4, -0.2) is 20.9 Å². The molecule has 0 saturated heterocycles. The second-order valence-corrected chi connectivity index (χ2v) is 8.70. The van der Waals surface area contributed by atoms with Gasteiger partial charge in [0, 0.05) is 17.8 Å². The number of carbonyl (C=O) groups excluding carboxylic acids is 1. The molecule has 0 aliphatic rings. The monoisotopic (exact) mass is 408 g/mol. The Balaban J connectivity index is 1.62. The summed E-state index contributed by atoms with van der Waals surface area (Å²) in [5.41, 5.74) is 3.10. The normalized spacial score (nSPS) is 12.2. The van der Waals surface area contributed by atoms with Crippen LogP contribution in [0.1, 0.15) is 34.3 Å². The smallest absolute Gasteiger partial charge is 0.261 e. The Morgan fingerprint density at radius 2 is 1.52 bits per heavy atom. The Bertz CT molecular complexity index is 1060. The third-order valence-corrected chi connectivity index (χ3v) is 6.07. The third-order valence-electron chi connectivity index (χ3n) is 4.67. The van der Waals surface area contributed by atoms with Crippen molar-refractivity contribution < 1.29 is 13.2 Å². The highest BCUT2D eigenvalue weighted by molar-refractivity contribution is 7.92. The van der Waals surface area contributed by atoms with Crippen molar-refractivity contribution in [3.63, 3.8) is 0 Å². The molecule has 0 unspecified atom stereocenters. The molecule has 0 bridgehead atoms. The molecule has 150 valence electrons. The maximum atomic E-state index is 12.5. The van der Waals surface area contributed by atoms with Crippen LogP contribution >= 0.6 is 0 Å². The lowest BCUT2D eigenvalue weighted by molar-refractivity contribution is 0.0951. The first kappa shape index (κ1) is 20.6. The molecule has 0 radical (unpaired) electrons. The van der Waals surface area contributed by atoms with Gasteiger partial charge in [0.15, 0.2) is 0 Å². The van der Waals surface area contributed by atoms with Crippen molar-refractivity contribution in [1.29, 1.82) is 0 Å². The van der Waals surface area contributed by atoms with Gasteiger partial charge in [-0.25, -0.2) is 8.42 Å². The molecule has 2 N–H and O–H groups in total. The number of sulfonamides is 1. The average Bonchev–Trinajstić information content (AvgIpc) is 2.74. The largest absolute Gasteiger partial charge is 0.351 e. The van der Waals surface area contributed by atoms with Crippen LogP contribution in [-0.2, 0) is 10.0 Å². The van der Waals surface area contributed by atoms with Crippen LogP contribution in [0.4, 0.5) is 5.69 Å². The van der Waals surface area contributed by atoms with Gasteiger partial charge in [0.1, 0.15) is 0 Å². The van der Waals surface area contributed by atoms with Crippen LogP contribution in [0.5, 0.6) is 0 Å².